The number of ether oxygens (including phenoxy) is 2. The molecule has 7 nitrogen and oxygen atoms in total. The molecule has 1 atom stereocenters. The van der Waals surface area contributed by atoms with Gasteiger partial charge in [-0.15, -0.1) is 0 Å². The van der Waals surface area contributed by atoms with Crippen LogP contribution in [0.3, 0.4) is 0 Å². The number of anilines is 1. The lowest BCUT2D eigenvalue weighted by Crippen LogP contribution is -2.12. The number of nitrogens with zero attached hydrogens (tertiary/aromatic N) is 1. The summed E-state index contributed by atoms with van der Waals surface area (Å²) in [5.74, 6) is 0.116. The molecule has 1 N–H and O–H groups in total. The number of carbonyl (C=O) groups is 1. The lowest BCUT2D eigenvalue weighted by Gasteiger charge is -2.09. The van der Waals surface area contributed by atoms with Gasteiger partial charge in [-0.3, -0.25) is 10.1 Å². The molecule has 1 aliphatic rings. The quantitative estimate of drug-likeness (QED) is 0.516. The van der Waals surface area contributed by atoms with Crippen LogP contribution in [0.2, 0.25) is 0 Å². The number of esters is 1. The molecule has 0 bridgehead atoms. The molecule has 122 valence electrons. The van der Waals surface area contributed by atoms with Crippen molar-refractivity contribution in [3.05, 3.63) is 81.7 Å². The molecule has 1 heterocycles. The molecule has 2 aromatic carbocycles. The smallest absolute Gasteiger partial charge is 0.339 e. The van der Waals surface area contributed by atoms with Crippen LogP contribution in [-0.2, 0) is 4.74 Å². The van der Waals surface area contributed by atoms with E-state index in [0.717, 1.165) is 0 Å². The Hall–Kier alpha value is -3.35. The van der Waals surface area contributed by atoms with E-state index in [1.165, 1.54) is 6.20 Å². The Labute approximate surface area is 137 Å². The molecule has 0 amide bonds. The summed E-state index contributed by atoms with van der Waals surface area (Å²) in [7, 11) is 1.55. The molecule has 3 rings (SSSR count). The van der Waals surface area contributed by atoms with Gasteiger partial charge in [0.25, 0.3) is 0 Å². The van der Waals surface area contributed by atoms with E-state index >= 15 is 0 Å². The Kier molecular flexibility index (Phi) is 4.15. The fraction of sp³-hybridized carbons (Fsp3) is 0.118. The highest BCUT2D eigenvalue weighted by Crippen LogP contribution is 2.35. The van der Waals surface area contributed by atoms with Crippen molar-refractivity contribution in [2.45, 2.75) is 6.10 Å². The largest absolute Gasteiger partial charge is 0.497 e. The van der Waals surface area contributed by atoms with E-state index in [2.05, 4.69) is 5.32 Å². The van der Waals surface area contributed by atoms with E-state index in [1.807, 2.05) is 0 Å². The first kappa shape index (κ1) is 15.5. The summed E-state index contributed by atoms with van der Waals surface area (Å²) in [4.78, 5) is 22.7. The summed E-state index contributed by atoms with van der Waals surface area (Å²) >= 11 is 0. The van der Waals surface area contributed by atoms with Crippen LogP contribution in [0.4, 0.5) is 5.69 Å². The minimum atomic E-state index is -1.03. The lowest BCUT2D eigenvalue weighted by molar-refractivity contribution is -0.436. The second-order valence-electron chi connectivity index (χ2n) is 5.07. The standard InChI is InChI=1S/C17H14N2O5/c1-23-12-8-6-11(7-9-12)18-10-15(19(21)22)16-13-4-2-3-5-14(13)17(20)24-16/h2-10,16,18H,1H3/b15-10-. The summed E-state index contributed by atoms with van der Waals surface area (Å²) in [5.41, 5.74) is 1.23. The van der Waals surface area contributed by atoms with E-state index in [-0.39, 0.29) is 5.70 Å². The van der Waals surface area contributed by atoms with Crippen LogP contribution in [0, 0.1) is 10.1 Å². The van der Waals surface area contributed by atoms with E-state index in [0.29, 0.717) is 22.6 Å². The van der Waals surface area contributed by atoms with Crippen LogP contribution in [0.15, 0.2) is 60.4 Å². The number of carbonyl (C=O) groups excluding carboxylic acids is 1. The second-order valence-corrected chi connectivity index (χ2v) is 5.07. The summed E-state index contributed by atoms with van der Waals surface area (Å²) in [6.07, 6.45) is 0.205. The minimum absolute atomic E-state index is 0.246. The summed E-state index contributed by atoms with van der Waals surface area (Å²) < 4.78 is 10.2. The Bertz CT molecular complexity index is 814. The van der Waals surface area contributed by atoms with Crippen molar-refractivity contribution in [2.24, 2.45) is 0 Å². The molecule has 0 fully saturated rings. The predicted octanol–water partition coefficient (Wildman–Crippen LogP) is 3.14. The molecule has 7 heteroatoms. The molecule has 0 radical (unpaired) electrons. The number of hydrogen-bond donors (Lipinski definition) is 1. The van der Waals surface area contributed by atoms with E-state index in [1.54, 1.807) is 55.6 Å². The van der Waals surface area contributed by atoms with Gasteiger partial charge in [0, 0.05) is 11.3 Å². The van der Waals surface area contributed by atoms with Crippen LogP contribution in [0.25, 0.3) is 0 Å². The van der Waals surface area contributed by atoms with Gasteiger partial charge in [-0.25, -0.2) is 4.79 Å². The maximum Gasteiger partial charge on any atom is 0.339 e. The molecule has 0 saturated heterocycles. The number of methoxy groups -OCH3 is 1. The molecule has 1 aliphatic heterocycles. The molecule has 24 heavy (non-hydrogen) atoms. The van der Waals surface area contributed by atoms with Gasteiger partial charge in [0.2, 0.25) is 6.10 Å². The van der Waals surface area contributed by atoms with Crippen LogP contribution in [-0.4, -0.2) is 18.0 Å². The van der Waals surface area contributed by atoms with Crippen LogP contribution >= 0.6 is 0 Å². The Balaban J connectivity index is 1.87. The van der Waals surface area contributed by atoms with Crippen LogP contribution in [0.5, 0.6) is 5.75 Å². The van der Waals surface area contributed by atoms with Gasteiger partial charge in [-0.1, -0.05) is 18.2 Å². The number of cyclic esters (lactones) is 1. The van der Waals surface area contributed by atoms with E-state index < -0.39 is 17.0 Å². The van der Waals surface area contributed by atoms with Gasteiger partial charge in [-0.2, -0.15) is 0 Å². The van der Waals surface area contributed by atoms with Gasteiger partial charge in [-0.05, 0) is 30.3 Å². The summed E-state index contributed by atoms with van der Waals surface area (Å²) in [6.45, 7) is 0. The molecular formula is C17H14N2O5. The van der Waals surface area contributed by atoms with E-state index in [9.17, 15) is 14.9 Å². The van der Waals surface area contributed by atoms with Crippen molar-refractivity contribution >= 4 is 11.7 Å². The highest BCUT2D eigenvalue weighted by molar-refractivity contribution is 5.94. The number of fused-ring (bicyclic) bond motifs is 1. The normalized spacial score (nSPS) is 16.3. The average Bonchev–Trinajstić information content (AvgIpc) is 2.93. The predicted molar refractivity (Wildman–Crippen MR) is 86.3 cm³/mol. The highest BCUT2D eigenvalue weighted by atomic mass is 16.6. The van der Waals surface area contributed by atoms with Crippen molar-refractivity contribution in [3.8, 4) is 5.75 Å². The number of benzene rings is 2. The Morgan fingerprint density at radius 1 is 1.25 bits per heavy atom. The average molecular weight is 326 g/mol. The zero-order valence-corrected chi connectivity index (χ0v) is 12.8. The van der Waals surface area contributed by atoms with Gasteiger partial charge >= 0.3 is 11.7 Å². The first-order chi connectivity index (χ1) is 11.6. The van der Waals surface area contributed by atoms with Gasteiger partial charge < -0.3 is 14.8 Å². The molecule has 2 aromatic rings. The maximum atomic E-state index is 11.8. The van der Waals surface area contributed by atoms with Crippen molar-refractivity contribution in [3.63, 3.8) is 0 Å². The first-order valence-corrected chi connectivity index (χ1v) is 7.15. The molecule has 0 saturated carbocycles. The monoisotopic (exact) mass is 326 g/mol. The molecule has 0 aliphatic carbocycles. The Morgan fingerprint density at radius 2 is 1.96 bits per heavy atom. The third kappa shape index (κ3) is 2.91. The fourth-order valence-electron chi connectivity index (χ4n) is 2.43. The number of hydrogen-bond acceptors (Lipinski definition) is 6. The number of rotatable bonds is 5. The molecule has 0 aromatic heterocycles. The van der Waals surface area contributed by atoms with Crippen LogP contribution in [0.1, 0.15) is 22.0 Å². The molecule has 0 spiro atoms. The van der Waals surface area contributed by atoms with Gasteiger partial charge in [0.05, 0.1) is 23.8 Å². The lowest BCUT2D eigenvalue weighted by atomic mass is 10.0. The summed E-state index contributed by atoms with van der Waals surface area (Å²) in [5, 5.41) is 14.3. The fourth-order valence-corrected chi connectivity index (χ4v) is 2.43. The van der Waals surface area contributed by atoms with Crippen molar-refractivity contribution in [2.75, 3.05) is 12.4 Å². The zero-order chi connectivity index (χ0) is 17.1. The highest BCUT2D eigenvalue weighted by Gasteiger charge is 2.39. The van der Waals surface area contributed by atoms with Crippen LogP contribution < -0.4 is 10.1 Å². The minimum Gasteiger partial charge on any atom is -0.497 e. The topological polar surface area (TPSA) is 90.7 Å². The molecule has 1 unspecified atom stereocenters. The second kappa shape index (κ2) is 6.41. The van der Waals surface area contributed by atoms with Gasteiger partial charge in [0.15, 0.2) is 0 Å². The Morgan fingerprint density at radius 3 is 2.62 bits per heavy atom. The van der Waals surface area contributed by atoms with E-state index in [4.69, 9.17) is 9.47 Å². The molecular weight excluding hydrogens is 312 g/mol. The zero-order valence-electron chi connectivity index (χ0n) is 12.8. The maximum absolute atomic E-state index is 11.8. The SMILES string of the molecule is COc1ccc(N/C=C(/C2OC(=O)c3ccccc32)[N+](=O)[O-])cc1. The third-order valence-electron chi connectivity index (χ3n) is 3.64. The third-order valence-corrected chi connectivity index (χ3v) is 3.64. The number of nitrogens with one attached hydrogen (secondary N) is 1. The van der Waals surface area contributed by atoms with Crippen molar-refractivity contribution in [1.82, 2.24) is 0 Å². The first-order valence-electron chi connectivity index (χ1n) is 7.15. The number of nitro groups is 1. The van der Waals surface area contributed by atoms with Gasteiger partial charge in [0.1, 0.15) is 5.75 Å². The van der Waals surface area contributed by atoms with Crippen molar-refractivity contribution in [1.29, 1.82) is 0 Å². The van der Waals surface area contributed by atoms with Crippen molar-refractivity contribution < 1.29 is 19.2 Å². The summed E-state index contributed by atoms with van der Waals surface area (Å²) in [6, 6.07) is 13.5.